The van der Waals surface area contributed by atoms with Crippen LogP contribution in [0.15, 0.2) is 6.07 Å². The lowest BCUT2D eigenvalue weighted by molar-refractivity contribution is -0.141. The van der Waals surface area contributed by atoms with Crippen molar-refractivity contribution in [3.05, 3.63) is 17.5 Å². The molecule has 0 saturated heterocycles. The summed E-state index contributed by atoms with van der Waals surface area (Å²) in [5.74, 6) is -1.85. The van der Waals surface area contributed by atoms with Gasteiger partial charge in [-0.1, -0.05) is 6.92 Å². The van der Waals surface area contributed by atoms with Crippen molar-refractivity contribution >= 4 is 11.9 Å². The van der Waals surface area contributed by atoms with Crippen LogP contribution in [0, 0.1) is 0 Å². The van der Waals surface area contributed by atoms with Crippen molar-refractivity contribution in [3.8, 4) is 0 Å². The highest BCUT2D eigenvalue weighted by atomic mass is 16.4. The fraction of sp³-hybridized carbons (Fsp3) is 0.545. The minimum Gasteiger partial charge on any atom is -0.480 e. The number of rotatable bonds is 5. The molecule has 7 heteroatoms. The Hall–Kier alpha value is -1.89. The normalized spacial score (nSPS) is 14.0. The van der Waals surface area contributed by atoms with Gasteiger partial charge in [-0.15, -0.1) is 0 Å². The fourth-order valence-corrected chi connectivity index (χ4v) is 1.52. The summed E-state index contributed by atoms with van der Waals surface area (Å²) in [4.78, 5) is 22.7. The highest BCUT2D eigenvalue weighted by Crippen LogP contribution is 2.05. The summed E-state index contributed by atoms with van der Waals surface area (Å²) in [6.07, 6.45) is -0.495. The number of amides is 1. The van der Waals surface area contributed by atoms with E-state index in [9.17, 15) is 14.7 Å². The van der Waals surface area contributed by atoms with E-state index in [0.29, 0.717) is 6.42 Å². The second kappa shape index (κ2) is 5.63. The van der Waals surface area contributed by atoms with Crippen LogP contribution in [0.5, 0.6) is 0 Å². The number of aryl methyl sites for hydroxylation is 2. The molecule has 1 aromatic heterocycles. The highest BCUT2D eigenvalue weighted by molar-refractivity contribution is 5.95. The number of carbonyl (C=O) groups excluding carboxylic acids is 1. The summed E-state index contributed by atoms with van der Waals surface area (Å²) in [7, 11) is 1.60. The van der Waals surface area contributed by atoms with Gasteiger partial charge in [0, 0.05) is 7.05 Å². The van der Waals surface area contributed by atoms with Crippen LogP contribution in [0.1, 0.15) is 30.0 Å². The summed E-state index contributed by atoms with van der Waals surface area (Å²) >= 11 is 0. The van der Waals surface area contributed by atoms with Gasteiger partial charge in [0.05, 0.1) is 11.8 Å². The van der Waals surface area contributed by atoms with E-state index >= 15 is 0 Å². The monoisotopic (exact) mass is 255 g/mol. The minimum atomic E-state index is -1.34. The molecule has 0 spiro atoms. The van der Waals surface area contributed by atoms with Gasteiger partial charge in [0.2, 0.25) is 0 Å². The largest absolute Gasteiger partial charge is 0.480 e. The Morgan fingerprint density at radius 3 is 2.56 bits per heavy atom. The minimum absolute atomic E-state index is 0.263. The zero-order valence-corrected chi connectivity index (χ0v) is 10.5. The summed E-state index contributed by atoms with van der Waals surface area (Å²) in [5.41, 5.74) is 1.00. The van der Waals surface area contributed by atoms with Gasteiger partial charge in [0.25, 0.3) is 5.91 Å². The van der Waals surface area contributed by atoms with E-state index in [4.69, 9.17) is 5.11 Å². The molecule has 3 N–H and O–H groups in total. The van der Waals surface area contributed by atoms with Crippen molar-refractivity contribution in [2.45, 2.75) is 32.4 Å². The number of nitrogens with one attached hydrogen (secondary N) is 1. The summed E-state index contributed by atoms with van der Waals surface area (Å²) in [6, 6.07) is 0.258. The van der Waals surface area contributed by atoms with Crippen molar-refractivity contribution < 1.29 is 19.8 Å². The van der Waals surface area contributed by atoms with Gasteiger partial charge >= 0.3 is 5.97 Å². The van der Waals surface area contributed by atoms with E-state index in [2.05, 4.69) is 10.4 Å². The third-order valence-electron chi connectivity index (χ3n) is 2.56. The van der Waals surface area contributed by atoms with Crippen LogP contribution in [-0.4, -0.2) is 44.0 Å². The Labute approximate surface area is 104 Å². The molecule has 0 aliphatic rings. The molecule has 1 rings (SSSR count). The highest BCUT2D eigenvalue weighted by Gasteiger charge is 2.26. The number of aromatic nitrogens is 2. The van der Waals surface area contributed by atoms with E-state index < -0.39 is 24.0 Å². The zero-order valence-electron chi connectivity index (χ0n) is 10.5. The first-order valence-electron chi connectivity index (χ1n) is 5.61. The Balaban J connectivity index is 2.87. The molecule has 1 amide bonds. The van der Waals surface area contributed by atoms with Gasteiger partial charge in [0.1, 0.15) is 5.69 Å². The molecule has 18 heavy (non-hydrogen) atoms. The Morgan fingerprint density at radius 2 is 2.17 bits per heavy atom. The molecule has 1 aromatic rings. The molecule has 7 nitrogen and oxygen atoms in total. The smallest absolute Gasteiger partial charge is 0.328 e. The summed E-state index contributed by atoms with van der Waals surface area (Å²) < 4.78 is 1.38. The predicted molar refractivity (Wildman–Crippen MR) is 63.2 cm³/mol. The second-order valence-corrected chi connectivity index (χ2v) is 4.03. The van der Waals surface area contributed by atoms with Crippen LogP contribution < -0.4 is 5.32 Å². The summed E-state index contributed by atoms with van der Waals surface area (Å²) in [5, 5.41) is 24.5. The molecule has 0 fully saturated rings. The van der Waals surface area contributed by atoms with E-state index in [1.807, 2.05) is 6.92 Å². The number of hydrogen-bond acceptors (Lipinski definition) is 4. The van der Waals surface area contributed by atoms with Gasteiger partial charge in [0.15, 0.2) is 6.04 Å². The molecular formula is C11H17N3O4. The van der Waals surface area contributed by atoms with Gasteiger partial charge < -0.3 is 15.5 Å². The van der Waals surface area contributed by atoms with Crippen LogP contribution in [0.4, 0.5) is 0 Å². The number of aliphatic hydroxyl groups is 1. The topological polar surface area (TPSA) is 104 Å². The molecule has 0 unspecified atom stereocenters. The molecule has 0 aliphatic carbocycles. The molecule has 0 bridgehead atoms. The molecule has 1 heterocycles. The zero-order chi connectivity index (χ0) is 13.9. The molecule has 0 aliphatic heterocycles. The first-order valence-corrected chi connectivity index (χ1v) is 5.61. The third-order valence-corrected chi connectivity index (χ3v) is 2.56. The fourth-order valence-electron chi connectivity index (χ4n) is 1.52. The van der Waals surface area contributed by atoms with Gasteiger partial charge in [-0.25, -0.2) is 4.79 Å². The second-order valence-electron chi connectivity index (χ2n) is 4.03. The lowest BCUT2D eigenvalue weighted by Gasteiger charge is -2.16. The molecule has 100 valence electrons. The van der Waals surface area contributed by atoms with E-state index in [1.165, 1.54) is 11.6 Å². The quantitative estimate of drug-likeness (QED) is 0.660. The first kappa shape index (κ1) is 14.2. The predicted octanol–water partition coefficient (Wildman–Crippen LogP) is -0.454. The first-order chi connectivity index (χ1) is 8.36. The van der Waals surface area contributed by atoms with Crippen LogP contribution in [0.2, 0.25) is 0 Å². The number of carboxylic acid groups (broad SMARTS) is 1. The van der Waals surface area contributed by atoms with Gasteiger partial charge in [-0.2, -0.15) is 5.10 Å². The van der Waals surface area contributed by atoms with Crippen molar-refractivity contribution in [2.75, 3.05) is 0 Å². The van der Waals surface area contributed by atoms with Gasteiger partial charge in [-0.3, -0.25) is 9.48 Å². The molecule has 0 radical (unpaired) electrons. The van der Waals surface area contributed by atoms with Crippen LogP contribution >= 0.6 is 0 Å². The number of aliphatic hydroxyl groups excluding tert-OH is 1. The SMILES string of the molecule is CCc1cc(C(=O)N[C@H](C(=O)O)[C@@H](C)O)n(C)n1. The van der Waals surface area contributed by atoms with Crippen LogP contribution in [0.3, 0.4) is 0 Å². The number of aliphatic carboxylic acids is 1. The van der Waals surface area contributed by atoms with E-state index in [0.717, 1.165) is 5.69 Å². The van der Waals surface area contributed by atoms with Crippen molar-refractivity contribution in [1.82, 2.24) is 15.1 Å². The van der Waals surface area contributed by atoms with Crippen LogP contribution in [-0.2, 0) is 18.3 Å². The molecule has 0 saturated carbocycles. The average molecular weight is 255 g/mol. The van der Waals surface area contributed by atoms with E-state index in [1.54, 1.807) is 13.1 Å². The summed E-state index contributed by atoms with van der Waals surface area (Å²) in [6.45, 7) is 3.21. The Morgan fingerprint density at radius 1 is 1.56 bits per heavy atom. The van der Waals surface area contributed by atoms with Crippen molar-refractivity contribution in [3.63, 3.8) is 0 Å². The van der Waals surface area contributed by atoms with E-state index in [-0.39, 0.29) is 5.69 Å². The standard InChI is InChI=1S/C11H17N3O4/c1-4-7-5-8(14(3)13-7)10(16)12-9(6(2)15)11(17)18/h5-6,9,15H,4H2,1-3H3,(H,12,16)(H,17,18)/t6-,9+/m1/s1. The third kappa shape index (κ3) is 3.07. The molecular weight excluding hydrogens is 238 g/mol. The number of nitrogens with zero attached hydrogens (tertiary/aromatic N) is 2. The average Bonchev–Trinajstić information content (AvgIpc) is 2.66. The Bertz CT molecular complexity index is 453. The number of hydrogen-bond donors (Lipinski definition) is 3. The number of carboxylic acids is 1. The molecule has 2 atom stereocenters. The maximum absolute atomic E-state index is 11.9. The molecule has 0 aromatic carbocycles. The van der Waals surface area contributed by atoms with Crippen molar-refractivity contribution in [1.29, 1.82) is 0 Å². The van der Waals surface area contributed by atoms with Crippen LogP contribution in [0.25, 0.3) is 0 Å². The lowest BCUT2D eigenvalue weighted by Crippen LogP contribution is -2.48. The van der Waals surface area contributed by atoms with Crippen molar-refractivity contribution in [2.24, 2.45) is 7.05 Å². The maximum atomic E-state index is 11.9. The maximum Gasteiger partial charge on any atom is 0.328 e. The lowest BCUT2D eigenvalue weighted by atomic mass is 10.2. The Kier molecular flexibility index (Phi) is 4.43. The van der Waals surface area contributed by atoms with Gasteiger partial charge in [-0.05, 0) is 19.4 Å². The number of carbonyl (C=O) groups is 2.